The third-order valence-electron chi connectivity index (χ3n) is 3.58. The average molecular weight is 366 g/mol. The zero-order valence-corrected chi connectivity index (χ0v) is 13.6. The van der Waals surface area contributed by atoms with Crippen molar-refractivity contribution in [3.63, 3.8) is 0 Å². The van der Waals surface area contributed by atoms with Gasteiger partial charge in [0.05, 0.1) is 22.2 Å². The number of fused-ring (bicyclic) bond motifs is 1. The summed E-state index contributed by atoms with van der Waals surface area (Å²) in [5, 5.41) is 4.25. The Balaban J connectivity index is 1.71. The fourth-order valence-corrected chi connectivity index (χ4v) is 3.55. The van der Waals surface area contributed by atoms with E-state index in [0.29, 0.717) is 5.69 Å². The number of thioether (sulfide) groups is 1. The van der Waals surface area contributed by atoms with Crippen molar-refractivity contribution in [1.82, 2.24) is 0 Å². The molecule has 0 aliphatic carbocycles. The predicted octanol–water partition coefficient (Wildman–Crippen LogP) is 4.15. The molecule has 0 fully saturated rings. The minimum atomic E-state index is -4.57. The van der Waals surface area contributed by atoms with Crippen molar-refractivity contribution in [3.8, 4) is 0 Å². The molecule has 1 atom stereocenters. The molecule has 25 heavy (non-hydrogen) atoms. The number of benzene rings is 2. The second kappa shape index (κ2) is 6.79. The summed E-state index contributed by atoms with van der Waals surface area (Å²) in [5.41, 5.74) is -0.576. The number of anilines is 2. The highest BCUT2D eigenvalue weighted by Gasteiger charge is 2.34. The zero-order chi connectivity index (χ0) is 18.0. The van der Waals surface area contributed by atoms with Gasteiger partial charge in [0.15, 0.2) is 0 Å². The zero-order valence-electron chi connectivity index (χ0n) is 12.8. The number of carbonyl (C=O) groups excluding carboxylic acids is 2. The largest absolute Gasteiger partial charge is 0.418 e. The van der Waals surface area contributed by atoms with Crippen molar-refractivity contribution in [2.24, 2.45) is 0 Å². The van der Waals surface area contributed by atoms with Crippen molar-refractivity contribution in [2.45, 2.75) is 22.7 Å². The summed E-state index contributed by atoms with van der Waals surface area (Å²) in [6.07, 6.45) is -4.79. The molecule has 2 aromatic carbocycles. The molecule has 1 aliphatic rings. The van der Waals surface area contributed by atoms with E-state index in [1.807, 2.05) is 6.07 Å². The van der Waals surface area contributed by atoms with Gasteiger partial charge in [-0.2, -0.15) is 13.2 Å². The van der Waals surface area contributed by atoms with Crippen molar-refractivity contribution >= 4 is 35.0 Å². The fourth-order valence-electron chi connectivity index (χ4n) is 2.44. The van der Waals surface area contributed by atoms with Gasteiger partial charge >= 0.3 is 6.18 Å². The Morgan fingerprint density at radius 1 is 1.12 bits per heavy atom. The molecule has 8 heteroatoms. The van der Waals surface area contributed by atoms with Crippen molar-refractivity contribution in [2.75, 3.05) is 10.6 Å². The van der Waals surface area contributed by atoms with Gasteiger partial charge in [0.1, 0.15) is 0 Å². The van der Waals surface area contributed by atoms with E-state index in [-0.39, 0.29) is 18.0 Å². The highest BCUT2D eigenvalue weighted by molar-refractivity contribution is 8.01. The van der Waals surface area contributed by atoms with E-state index in [9.17, 15) is 22.8 Å². The SMILES string of the molecule is O=C(C[C@H]1Sc2ccccc2NC1=O)Nc1ccccc1C(F)(F)F. The standard InChI is InChI=1S/C17H13F3N2O2S/c18-17(19,20)10-5-1-2-6-11(10)21-15(23)9-14-16(24)22-12-7-3-4-8-13(12)25-14/h1-8,14H,9H2,(H,21,23)(H,22,24)/t14-/m1/s1. The van der Waals surface area contributed by atoms with E-state index in [0.717, 1.165) is 11.0 Å². The van der Waals surface area contributed by atoms with Gasteiger partial charge in [0.25, 0.3) is 0 Å². The fraction of sp³-hybridized carbons (Fsp3) is 0.176. The van der Waals surface area contributed by atoms with Gasteiger partial charge in [-0.15, -0.1) is 11.8 Å². The summed E-state index contributed by atoms with van der Waals surface area (Å²) in [6, 6.07) is 11.9. The first-order valence-electron chi connectivity index (χ1n) is 7.37. The molecule has 0 bridgehead atoms. The molecular weight excluding hydrogens is 353 g/mol. The molecule has 1 aliphatic heterocycles. The highest BCUT2D eigenvalue weighted by Crippen LogP contribution is 2.37. The number of nitrogens with one attached hydrogen (secondary N) is 2. The summed E-state index contributed by atoms with van der Waals surface area (Å²) in [6.45, 7) is 0. The summed E-state index contributed by atoms with van der Waals surface area (Å²) >= 11 is 1.22. The summed E-state index contributed by atoms with van der Waals surface area (Å²) < 4.78 is 38.9. The first-order chi connectivity index (χ1) is 11.8. The number of hydrogen-bond acceptors (Lipinski definition) is 3. The summed E-state index contributed by atoms with van der Waals surface area (Å²) in [7, 11) is 0. The van der Waals surface area contributed by atoms with E-state index in [4.69, 9.17) is 0 Å². The average Bonchev–Trinajstić information content (AvgIpc) is 2.55. The van der Waals surface area contributed by atoms with E-state index in [1.165, 1.54) is 30.0 Å². The van der Waals surface area contributed by atoms with Crippen LogP contribution in [0.5, 0.6) is 0 Å². The minimum Gasteiger partial charge on any atom is -0.325 e. The second-order valence-corrected chi connectivity index (χ2v) is 6.63. The number of rotatable bonds is 3. The first kappa shape index (κ1) is 17.3. The van der Waals surface area contributed by atoms with E-state index < -0.39 is 22.9 Å². The van der Waals surface area contributed by atoms with Crippen LogP contribution in [0, 0.1) is 0 Å². The van der Waals surface area contributed by atoms with Crippen LogP contribution >= 0.6 is 11.8 Å². The van der Waals surface area contributed by atoms with Crippen molar-refractivity contribution in [3.05, 3.63) is 54.1 Å². The molecule has 130 valence electrons. The Morgan fingerprint density at radius 3 is 2.56 bits per heavy atom. The summed E-state index contributed by atoms with van der Waals surface area (Å²) in [4.78, 5) is 25.0. The lowest BCUT2D eigenvalue weighted by molar-refractivity contribution is -0.137. The van der Waals surface area contributed by atoms with Crippen LogP contribution in [0.1, 0.15) is 12.0 Å². The quantitative estimate of drug-likeness (QED) is 0.858. The monoisotopic (exact) mass is 366 g/mol. The molecule has 3 rings (SSSR count). The van der Waals surface area contributed by atoms with Crippen molar-refractivity contribution in [1.29, 1.82) is 0 Å². The first-order valence-corrected chi connectivity index (χ1v) is 8.25. The normalized spacial score (nSPS) is 16.8. The molecule has 0 radical (unpaired) electrons. The third kappa shape index (κ3) is 3.96. The third-order valence-corrected chi connectivity index (χ3v) is 4.86. The lowest BCUT2D eigenvalue weighted by Crippen LogP contribution is -2.32. The number of alkyl halides is 3. The molecule has 0 spiro atoms. The van der Waals surface area contributed by atoms with Crippen LogP contribution in [-0.4, -0.2) is 17.1 Å². The topological polar surface area (TPSA) is 58.2 Å². The van der Waals surface area contributed by atoms with Crippen LogP contribution in [0.4, 0.5) is 24.5 Å². The number of halogens is 3. The maximum atomic E-state index is 13.0. The second-order valence-electron chi connectivity index (χ2n) is 5.39. The lowest BCUT2D eigenvalue weighted by atomic mass is 10.1. The Kier molecular flexibility index (Phi) is 4.71. The number of para-hydroxylation sites is 2. The molecule has 0 saturated heterocycles. The van der Waals surface area contributed by atoms with Crippen LogP contribution in [-0.2, 0) is 15.8 Å². The molecule has 0 aromatic heterocycles. The molecule has 4 nitrogen and oxygen atoms in total. The molecule has 1 heterocycles. The highest BCUT2D eigenvalue weighted by atomic mass is 32.2. The van der Waals surface area contributed by atoms with Gasteiger partial charge in [0, 0.05) is 11.3 Å². The Bertz CT molecular complexity index is 824. The van der Waals surface area contributed by atoms with Gasteiger partial charge in [-0.3, -0.25) is 9.59 Å². The minimum absolute atomic E-state index is 0.225. The lowest BCUT2D eigenvalue weighted by Gasteiger charge is -2.23. The Labute approximate surface area is 145 Å². The Hall–Kier alpha value is -2.48. The molecule has 2 N–H and O–H groups in total. The van der Waals surface area contributed by atoms with E-state index in [2.05, 4.69) is 10.6 Å². The molecular formula is C17H13F3N2O2S. The van der Waals surface area contributed by atoms with E-state index in [1.54, 1.807) is 18.2 Å². The smallest absolute Gasteiger partial charge is 0.325 e. The summed E-state index contributed by atoms with van der Waals surface area (Å²) in [5.74, 6) is -0.994. The Morgan fingerprint density at radius 2 is 1.80 bits per heavy atom. The predicted molar refractivity (Wildman–Crippen MR) is 89.4 cm³/mol. The maximum Gasteiger partial charge on any atom is 0.418 e. The van der Waals surface area contributed by atoms with Crippen LogP contribution in [0.25, 0.3) is 0 Å². The molecule has 0 unspecified atom stereocenters. The van der Waals surface area contributed by atoms with Crippen LogP contribution in [0.3, 0.4) is 0 Å². The van der Waals surface area contributed by atoms with Crippen molar-refractivity contribution < 1.29 is 22.8 Å². The molecule has 2 amide bonds. The molecule has 0 saturated carbocycles. The number of amides is 2. The van der Waals surface area contributed by atoms with Crippen LogP contribution in [0.15, 0.2) is 53.4 Å². The van der Waals surface area contributed by atoms with Gasteiger partial charge in [-0.1, -0.05) is 24.3 Å². The number of hydrogen-bond donors (Lipinski definition) is 2. The van der Waals surface area contributed by atoms with E-state index >= 15 is 0 Å². The van der Waals surface area contributed by atoms with Gasteiger partial charge in [-0.25, -0.2) is 0 Å². The van der Waals surface area contributed by atoms with Gasteiger partial charge < -0.3 is 10.6 Å². The van der Waals surface area contributed by atoms with Crippen LogP contribution in [0.2, 0.25) is 0 Å². The number of carbonyl (C=O) groups is 2. The maximum absolute atomic E-state index is 13.0. The van der Waals surface area contributed by atoms with Gasteiger partial charge in [0.2, 0.25) is 11.8 Å². The molecule has 2 aromatic rings. The van der Waals surface area contributed by atoms with Crippen LogP contribution < -0.4 is 10.6 Å². The van der Waals surface area contributed by atoms with Gasteiger partial charge in [-0.05, 0) is 24.3 Å².